The Bertz CT molecular complexity index is 956. The molecule has 0 aliphatic carbocycles. The average Bonchev–Trinajstić information content (AvgIpc) is 2.82. The number of hydrogen-bond donors (Lipinski definition) is 1. The molecule has 0 bridgehead atoms. The summed E-state index contributed by atoms with van der Waals surface area (Å²) in [6.45, 7) is 6.43. The Morgan fingerprint density at radius 2 is 1.76 bits per heavy atom. The minimum absolute atomic E-state index is 0.250. The van der Waals surface area contributed by atoms with Crippen LogP contribution in [0.3, 0.4) is 0 Å². The molecule has 1 aliphatic heterocycles. The molecule has 2 aromatic carbocycles. The van der Waals surface area contributed by atoms with Crippen molar-refractivity contribution in [2.75, 3.05) is 33.4 Å². The fraction of sp³-hybridized carbons (Fsp3) is 0.500. The first-order valence-electron chi connectivity index (χ1n) is 11.5. The number of hydrogen-bond acceptors (Lipinski definition) is 4. The third-order valence-electron chi connectivity index (χ3n) is 6.36. The van der Waals surface area contributed by atoms with Crippen LogP contribution in [0, 0.1) is 0 Å². The zero-order chi connectivity index (χ0) is 24.8. The second-order valence-corrected chi connectivity index (χ2v) is 9.21. The van der Waals surface area contributed by atoms with Gasteiger partial charge in [-0.3, -0.25) is 9.69 Å². The molecule has 0 atom stereocenters. The lowest BCUT2D eigenvalue weighted by Gasteiger charge is -2.31. The summed E-state index contributed by atoms with van der Waals surface area (Å²) in [5.74, 6) is 0.362. The van der Waals surface area contributed by atoms with Gasteiger partial charge in [0, 0.05) is 32.3 Å². The van der Waals surface area contributed by atoms with Crippen molar-refractivity contribution in [3.8, 4) is 5.75 Å². The molecule has 0 unspecified atom stereocenters. The molecule has 1 amide bonds. The molecule has 1 heterocycles. The van der Waals surface area contributed by atoms with E-state index in [-0.39, 0.29) is 12.5 Å². The molecule has 0 aromatic heterocycles. The zero-order valence-electron chi connectivity index (χ0n) is 20.0. The molecule has 34 heavy (non-hydrogen) atoms. The molecule has 1 fully saturated rings. The molecule has 0 saturated carbocycles. The maximum Gasteiger partial charge on any atom is 0.416 e. The van der Waals surface area contributed by atoms with Crippen molar-refractivity contribution in [2.45, 2.75) is 50.9 Å². The number of carbonyl (C=O) groups excluding carboxylic acids is 1. The van der Waals surface area contributed by atoms with Crippen LogP contribution in [0.25, 0.3) is 0 Å². The number of halogens is 3. The predicted octanol–water partition coefficient (Wildman–Crippen LogP) is 4.79. The number of carbonyl (C=O) groups is 1. The lowest BCUT2D eigenvalue weighted by atomic mass is 9.83. The van der Waals surface area contributed by atoms with E-state index in [2.05, 4.69) is 17.3 Å². The highest BCUT2D eigenvalue weighted by Crippen LogP contribution is 2.33. The van der Waals surface area contributed by atoms with Crippen molar-refractivity contribution < 1.29 is 27.4 Å². The Labute approximate surface area is 199 Å². The van der Waals surface area contributed by atoms with Gasteiger partial charge in [-0.15, -0.1) is 0 Å². The molecule has 1 saturated heterocycles. The van der Waals surface area contributed by atoms with E-state index in [1.807, 2.05) is 24.3 Å². The lowest BCUT2D eigenvalue weighted by molar-refractivity contribution is -0.138. The van der Waals surface area contributed by atoms with E-state index in [1.54, 1.807) is 19.9 Å². The summed E-state index contributed by atoms with van der Waals surface area (Å²) in [6.07, 6.45) is -2.40. The summed E-state index contributed by atoms with van der Waals surface area (Å²) in [5.41, 5.74) is -0.725. The van der Waals surface area contributed by atoms with E-state index in [0.29, 0.717) is 24.0 Å². The van der Waals surface area contributed by atoms with Gasteiger partial charge in [0.1, 0.15) is 12.4 Å². The Hall–Kier alpha value is -2.58. The van der Waals surface area contributed by atoms with Gasteiger partial charge >= 0.3 is 6.18 Å². The molecule has 8 heteroatoms. The zero-order valence-corrected chi connectivity index (χ0v) is 20.0. The summed E-state index contributed by atoms with van der Waals surface area (Å²) in [5, 5.41) is 2.84. The van der Waals surface area contributed by atoms with Crippen LogP contribution in [-0.2, 0) is 27.7 Å². The second-order valence-electron chi connectivity index (χ2n) is 9.21. The maximum absolute atomic E-state index is 13.1. The summed E-state index contributed by atoms with van der Waals surface area (Å²) >= 11 is 0. The van der Waals surface area contributed by atoms with Crippen LogP contribution in [0.5, 0.6) is 5.75 Å². The minimum Gasteiger partial charge on any atom is -0.492 e. The van der Waals surface area contributed by atoms with Crippen LogP contribution >= 0.6 is 0 Å². The van der Waals surface area contributed by atoms with Crippen molar-refractivity contribution in [1.29, 1.82) is 0 Å². The van der Waals surface area contributed by atoms with Gasteiger partial charge in [-0.05, 0) is 63.1 Å². The number of rotatable bonds is 9. The minimum atomic E-state index is -4.46. The van der Waals surface area contributed by atoms with Crippen molar-refractivity contribution >= 4 is 5.91 Å². The molecule has 3 rings (SSSR count). The summed E-state index contributed by atoms with van der Waals surface area (Å²) in [4.78, 5) is 15.1. The SMILES string of the molecule is CN(CCOc1cccc(CNC(=O)C(C)(C)c2cccc(C(F)(F)F)c2)c1)C1CCOCC1. The lowest BCUT2D eigenvalue weighted by Crippen LogP contribution is -2.39. The van der Waals surface area contributed by atoms with Crippen LogP contribution in [0.1, 0.15) is 43.4 Å². The largest absolute Gasteiger partial charge is 0.492 e. The summed E-state index contributed by atoms with van der Waals surface area (Å²) < 4.78 is 50.5. The summed E-state index contributed by atoms with van der Waals surface area (Å²) in [7, 11) is 2.09. The fourth-order valence-corrected chi connectivity index (χ4v) is 3.98. The standard InChI is InChI=1S/C26H33F3N2O3/c1-25(2,20-7-5-8-21(17-20)26(27,28)29)24(32)30-18-19-6-4-9-23(16-19)34-15-12-31(3)22-10-13-33-14-11-22/h4-9,16-17,22H,10-15,18H2,1-3H3,(H,30,32). The number of ether oxygens (including phenoxy) is 2. The van der Waals surface area contributed by atoms with Gasteiger partial charge in [-0.25, -0.2) is 0 Å². The molecule has 1 N–H and O–H groups in total. The van der Waals surface area contributed by atoms with Gasteiger partial charge in [0.25, 0.3) is 0 Å². The average molecular weight is 479 g/mol. The van der Waals surface area contributed by atoms with Crippen molar-refractivity contribution in [3.05, 3.63) is 65.2 Å². The Kier molecular flexibility index (Phi) is 8.60. The van der Waals surface area contributed by atoms with E-state index in [4.69, 9.17) is 9.47 Å². The summed E-state index contributed by atoms with van der Waals surface area (Å²) in [6, 6.07) is 12.9. The first-order chi connectivity index (χ1) is 16.1. The normalized spacial score (nSPS) is 15.4. The monoisotopic (exact) mass is 478 g/mol. The second kappa shape index (κ2) is 11.2. The highest BCUT2D eigenvalue weighted by Gasteiger charge is 2.34. The van der Waals surface area contributed by atoms with E-state index in [9.17, 15) is 18.0 Å². The van der Waals surface area contributed by atoms with E-state index < -0.39 is 17.2 Å². The molecule has 1 aliphatic rings. The molecule has 2 aromatic rings. The van der Waals surface area contributed by atoms with Gasteiger partial charge in [-0.1, -0.05) is 30.3 Å². The van der Waals surface area contributed by atoms with Crippen LogP contribution in [-0.4, -0.2) is 50.3 Å². The van der Waals surface area contributed by atoms with Gasteiger partial charge in [0.05, 0.1) is 11.0 Å². The maximum atomic E-state index is 13.1. The first kappa shape index (κ1) is 26.0. The number of nitrogens with one attached hydrogen (secondary N) is 1. The van der Waals surface area contributed by atoms with E-state index in [1.165, 1.54) is 6.07 Å². The first-order valence-corrected chi connectivity index (χ1v) is 11.5. The van der Waals surface area contributed by atoms with Crippen LogP contribution in [0.15, 0.2) is 48.5 Å². The van der Waals surface area contributed by atoms with Crippen molar-refractivity contribution in [1.82, 2.24) is 10.2 Å². The molecular formula is C26H33F3N2O3. The van der Waals surface area contributed by atoms with E-state index >= 15 is 0 Å². The molecular weight excluding hydrogens is 445 g/mol. The van der Waals surface area contributed by atoms with Crippen LogP contribution in [0.2, 0.25) is 0 Å². The number of alkyl halides is 3. The van der Waals surface area contributed by atoms with Crippen molar-refractivity contribution in [2.24, 2.45) is 0 Å². The van der Waals surface area contributed by atoms with E-state index in [0.717, 1.165) is 50.3 Å². The molecule has 0 spiro atoms. The predicted molar refractivity (Wildman–Crippen MR) is 125 cm³/mol. The quantitative estimate of drug-likeness (QED) is 0.563. The number of benzene rings is 2. The molecule has 186 valence electrons. The number of nitrogens with zero attached hydrogens (tertiary/aromatic N) is 1. The third-order valence-corrected chi connectivity index (χ3v) is 6.36. The van der Waals surface area contributed by atoms with Crippen molar-refractivity contribution in [3.63, 3.8) is 0 Å². The van der Waals surface area contributed by atoms with Crippen LogP contribution < -0.4 is 10.1 Å². The van der Waals surface area contributed by atoms with Crippen LogP contribution in [0.4, 0.5) is 13.2 Å². The smallest absolute Gasteiger partial charge is 0.416 e. The van der Waals surface area contributed by atoms with Gasteiger partial charge < -0.3 is 14.8 Å². The highest BCUT2D eigenvalue weighted by molar-refractivity contribution is 5.87. The third kappa shape index (κ3) is 6.96. The molecule has 0 radical (unpaired) electrons. The van der Waals surface area contributed by atoms with Gasteiger partial charge in [0.2, 0.25) is 5.91 Å². The number of likely N-dealkylation sites (N-methyl/N-ethyl adjacent to an activating group) is 1. The van der Waals surface area contributed by atoms with Gasteiger partial charge in [0.15, 0.2) is 0 Å². The Morgan fingerprint density at radius 1 is 1.09 bits per heavy atom. The molecule has 5 nitrogen and oxygen atoms in total. The Balaban J connectivity index is 1.53. The highest BCUT2D eigenvalue weighted by atomic mass is 19.4. The fourth-order valence-electron chi connectivity index (χ4n) is 3.98. The Morgan fingerprint density at radius 3 is 2.47 bits per heavy atom. The topological polar surface area (TPSA) is 50.8 Å². The number of amides is 1. The van der Waals surface area contributed by atoms with Gasteiger partial charge in [-0.2, -0.15) is 13.2 Å².